The van der Waals surface area contributed by atoms with Crippen LogP contribution in [0.25, 0.3) is 0 Å². The number of carbonyl (C=O) groups is 1. The predicted molar refractivity (Wildman–Crippen MR) is 90.9 cm³/mol. The van der Waals surface area contributed by atoms with Crippen molar-refractivity contribution < 1.29 is 27.6 Å². The Balaban J connectivity index is 1.62. The van der Waals surface area contributed by atoms with Gasteiger partial charge in [-0.15, -0.1) is 0 Å². The van der Waals surface area contributed by atoms with Crippen LogP contribution in [0.5, 0.6) is 0 Å². The van der Waals surface area contributed by atoms with Crippen LogP contribution in [0.15, 0.2) is 4.52 Å². The van der Waals surface area contributed by atoms with Gasteiger partial charge in [-0.1, -0.05) is 23.7 Å². The molecule has 2 atom stereocenters. The number of fused-ring (bicyclic) bond motifs is 1. The normalized spacial score (nSPS) is 22.1. The van der Waals surface area contributed by atoms with E-state index in [0.717, 1.165) is 12.8 Å². The Kier molecular flexibility index (Phi) is 4.27. The molecule has 0 bridgehead atoms. The molecule has 0 aromatic carbocycles. The molecule has 1 unspecified atom stereocenters. The summed E-state index contributed by atoms with van der Waals surface area (Å²) in [6, 6.07) is 0. The van der Waals surface area contributed by atoms with Crippen LogP contribution in [0.1, 0.15) is 71.7 Å². The van der Waals surface area contributed by atoms with Crippen molar-refractivity contribution in [2.75, 3.05) is 6.54 Å². The molecule has 1 amide bonds. The number of carbonyl (C=O) groups excluding carboxylic acids is 1. The zero-order valence-corrected chi connectivity index (χ0v) is 15.9. The second-order valence-electron chi connectivity index (χ2n) is 7.60. The van der Waals surface area contributed by atoms with Crippen molar-refractivity contribution in [2.24, 2.45) is 0 Å². The zero-order chi connectivity index (χ0) is 20.4. The van der Waals surface area contributed by atoms with E-state index in [1.807, 2.05) is 0 Å². The third-order valence-electron chi connectivity index (χ3n) is 5.33. The van der Waals surface area contributed by atoms with Gasteiger partial charge in [0.05, 0.1) is 17.3 Å². The minimum Gasteiger partial charge on any atom is -0.375 e. The molecule has 2 aliphatic rings. The maximum atomic E-state index is 13.2. The standard InChI is InChI=1S/C17H18ClF3N4O3/c1-7-5-25(15(26)13-11(18)12(22-23-13)8-3-4-8)6-9-10(7)14(24-28-9)16(2,27)17(19,20)21/h7-8,27H,3-6H2,1-2H3,(H,22,23)/t7-,16?/m0/s1. The number of hydrogen-bond donors (Lipinski definition) is 2. The van der Waals surface area contributed by atoms with Gasteiger partial charge in [-0.25, -0.2) is 0 Å². The molecule has 2 aromatic heterocycles. The van der Waals surface area contributed by atoms with Gasteiger partial charge in [0.25, 0.3) is 5.91 Å². The second-order valence-corrected chi connectivity index (χ2v) is 7.97. The maximum Gasteiger partial charge on any atom is 0.422 e. The summed E-state index contributed by atoms with van der Waals surface area (Å²) in [5.74, 6) is -0.557. The lowest BCUT2D eigenvalue weighted by Crippen LogP contribution is -2.42. The molecule has 3 heterocycles. The molecule has 28 heavy (non-hydrogen) atoms. The van der Waals surface area contributed by atoms with E-state index in [9.17, 15) is 23.1 Å². The van der Waals surface area contributed by atoms with Crippen LogP contribution in [-0.4, -0.2) is 44.0 Å². The number of alkyl halides is 3. The average molecular weight is 419 g/mol. The van der Waals surface area contributed by atoms with Gasteiger partial charge in [-0.05, 0) is 19.8 Å². The lowest BCUT2D eigenvalue weighted by molar-refractivity contribution is -0.261. The lowest BCUT2D eigenvalue weighted by Gasteiger charge is -2.32. The van der Waals surface area contributed by atoms with Crippen LogP contribution in [0.4, 0.5) is 13.2 Å². The first-order valence-electron chi connectivity index (χ1n) is 8.83. The Morgan fingerprint density at radius 1 is 1.39 bits per heavy atom. The molecule has 0 saturated heterocycles. The Hall–Kier alpha value is -2.07. The first kappa shape index (κ1) is 19.3. The van der Waals surface area contributed by atoms with E-state index in [2.05, 4.69) is 15.4 Å². The summed E-state index contributed by atoms with van der Waals surface area (Å²) in [6.45, 7) is 2.34. The van der Waals surface area contributed by atoms with Gasteiger partial charge in [-0.3, -0.25) is 9.89 Å². The third-order valence-corrected chi connectivity index (χ3v) is 5.72. The van der Waals surface area contributed by atoms with Crippen LogP contribution in [0.3, 0.4) is 0 Å². The van der Waals surface area contributed by atoms with Crippen LogP contribution in [0, 0.1) is 0 Å². The summed E-state index contributed by atoms with van der Waals surface area (Å²) in [5.41, 5.74) is -2.71. The van der Waals surface area contributed by atoms with Gasteiger partial charge in [0, 0.05) is 23.9 Å². The van der Waals surface area contributed by atoms with Gasteiger partial charge in [0.15, 0.2) is 5.76 Å². The molecule has 1 aliphatic carbocycles. The second kappa shape index (κ2) is 6.21. The van der Waals surface area contributed by atoms with Gasteiger partial charge in [0.2, 0.25) is 5.60 Å². The number of aromatic amines is 1. The number of H-pyrrole nitrogens is 1. The molecule has 11 heteroatoms. The Bertz CT molecular complexity index is 933. The van der Waals surface area contributed by atoms with Crippen LogP contribution < -0.4 is 0 Å². The number of halogens is 4. The SMILES string of the molecule is C[C@H]1CN(C(=O)c2[nH]nc(C3CC3)c2Cl)Cc2onc(C(C)(O)C(F)(F)F)c21. The minimum absolute atomic E-state index is 0.0758. The largest absolute Gasteiger partial charge is 0.422 e. The van der Waals surface area contributed by atoms with Gasteiger partial charge in [-0.2, -0.15) is 18.3 Å². The minimum atomic E-state index is -4.91. The number of amides is 1. The highest BCUT2D eigenvalue weighted by molar-refractivity contribution is 6.34. The van der Waals surface area contributed by atoms with Crippen molar-refractivity contribution in [2.45, 2.75) is 56.8 Å². The fourth-order valence-corrected chi connectivity index (χ4v) is 3.84. The predicted octanol–water partition coefficient (Wildman–Crippen LogP) is 3.46. The van der Waals surface area contributed by atoms with Crippen molar-refractivity contribution in [3.63, 3.8) is 0 Å². The highest BCUT2D eigenvalue weighted by atomic mass is 35.5. The molecule has 1 fully saturated rings. The Labute approximate surface area is 162 Å². The summed E-state index contributed by atoms with van der Waals surface area (Å²) in [6.07, 6.45) is -2.96. The van der Waals surface area contributed by atoms with Crippen molar-refractivity contribution in [3.05, 3.63) is 33.4 Å². The summed E-state index contributed by atoms with van der Waals surface area (Å²) < 4.78 is 44.7. The summed E-state index contributed by atoms with van der Waals surface area (Å²) in [5, 5.41) is 20.5. The van der Waals surface area contributed by atoms with E-state index >= 15 is 0 Å². The maximum absolute atomic E-state index is 13.2. The topological polar surface area (TPSA) is 95.3 Å². The summed E-state index contributed by atoms with van der Waals surface area (Å²) in [7, 11) is 0. The van der Waals surface area contributed by atoms with E-state index < -0.39 is 29.3 Å². The quantitative estimate of drug-likeness (QED) is 0.796. The third kappa shape index (κ3) is 2.89. The van der Waals surface area contributed by atoms with E-state index in [4.69, 9.17) is 16.1 Å². The summed E-state index contributed by atoms with van der Waals surface area (Å²) >= 11 is 6.29. The van der Waals surface area contributed by atoms with E-state index in [0.29, 0.717) is 12.6 Å². The smallest absolute Gasteiger partial charge is 0.375 e. The summed E-state index contributed by atoms with van der Waals surface area (Å²) in [4.78, 5) is 14.3. The number of nitrogens with one attached hydrogen (secondary N) is 1. The molecule has 0 radical (unpaired) electrons. The zero-order valence-electron chi connectivity index (χ0n) is 15.1. The molecule has 1 aliphatic heterocycles. The molecule has 0 spiro atoms. The van der Waals surface area contributed by atoms with Crippen LogP contribution in [-0.2, 0) is 12.1 Å². The molecule has 7 nitrogen and oxygen atoms in total. The molecule has 4 rings (SSSR count). The Morgan fingerprint density at radius 2 is 2.07 bits per heavy atom. The van der Waals surface area contributed by atoms with Crippen LogP contribution in [0.2, 0.25) is 5.02 Å². The molecule has 152 valence electrons. The molecular formula is C17H18ClF3N4O3. The first-order valence-corrected chi connectivity index (χ1v) is 9.21. The molecule has 2 aromatic rings. The number of rotatable bonds is 3. The number of aromatic nitrogens is 3. The van der Waals surface area contributed by atoms with Crippen molar-refractivity contribution in [1.29, 1.82) is 0 Å². The number of nitrogens with zero attached hydrogens (tertiary/aromatic N) is 3. The number of aliphatic hydroxyl groups is 1. The van der Waals surface area contributed by atoms with E-state index in [1.165, 1.54) is 4.90 Å². The highest BCUT2D eigenvalue weighted by Crippen LogP contribution is 2.45. The fourth-order valence-electron chi connectivity index (χ4n) is 3.52. The Morgan fingerprint density at radius 3 is 2.68 bits per heavy atom. The molecule has 2 N–H and O–H groups in total. The fraction of sp³-hybridized carbons (Fsp3) is 0.588. The van der Waals surface area contributed by atoms with Crippen molar-refractivity contribution in [3.8, 4) is 0 Å². The highest BCUT2D eigenvalue weighted by Gasteiger charge is 2.55. The molecular weight excluding hydrogens is 401 g/mol. The number of hydrogen-bond acceptors (Lipinski definition) is 5. The van der Waals surface area contributed by atoms with E-state index in [-0.39, 0.29) is 41.0 Å². The van der Waals surface area contributed by atoms with Gasteiger partial charge in [0.1, 0.15) is 11.4 Å². The molecule has 1 saturated carbocycles. The van der Waals surface area contributed by atoms with Gasteiger partial charge >= 0.3 is 6.18 Å². The van der Waals surface area contributed by atoms with Gasteiger partial charge < -0.3 is 14.5 Å². The van der Waals surface area contributed by atoms with Crippen LogP contribution >= 0.6 is 11.6 Å². The first-order chi connectivity index (χ1) is 13.0. The lowest BCUT2D eigenvalue weighted by atomic mass is 9.87. The van der Waals surface area contributed by atoms with E-state index in [1.54, 1.807) is 6.92 Å². The average Bonchev–Trinajstić information content (AvgIpc) is 3.22. The monoisotopic (exact) mass is 418 g/mol. The van der Waals surface area contributed by atoms with Crippen molar-refractivity contribution >= 4 is 17.5 Å². The van der Waals surface area contributed by atoms with Crippen molar-refractivity contribution in [1.82, 2.24) is 20.3 Å².